The molecule has 29 heavy (non-hydrogen) atoms. The Balaban J connectivity index is 1.55. The lowest BCUT2D eigenvalue weighted by Crippen LogP contribution is -2.30. The summed E-state index contributed by atoms with van der Waals surface area (Å²) in [5.74, 6) is -0.454. The third-order valence-corrected chi connectivity index (χ3v) is 5.57. The van der Waals surface area contributed by atoms with Crippen LogP contribution in [0.3, 0.4) is 0 Å². The maximum atomic E-state index is 13.2. The fourth-order valence-electron chi connectivity index (χ4n) is 4.20. The Bertz CT molecular complexity index is 1260. The molecule has 0 radical (unpaired) electrons. The number of fused-ring (bicyclic) bond motifs is 2. The number of amides is 1. The lowest BCUT2D eigenvalue weighted by atomic mass is 9.91. The summed E-state index contributed by atoms with van der Waals surface area (Å²) < 4.78 is 5.18. The van der Waals surface area contributed by atoms with E-state index in [9.17, 15) is 9.59 Å². The fraction of sp³-hybridized carbons (Fsp3) is 0.174. The first kappa shape index (κ1) is 17.4. The number of aromatic nitrogens is 2. The van der Waals surface area contributed by atoms with Gasteiger partial charge in [-0.1, -0.05) is 37.3 Å². The van der Waals surface area contributed by atoms with Crippen LogP contribution in [0.25, 0.3) is 11.1 Å². The highest BCUT2D eigenvalue weighted by Crippen LogP contribution is 2.43. The number of oxazole rings is 1. The number of hydrogen-bond acceptors (Lipinski definition) is 4. The lowest BCUT2D eigenvalue weighted by Gasteiger charge is -2.30. The Hall–Kier alpha value is -3.67. The van der Waals surface area contributed by atoms with Gasteiger partial charge < -0.3 is 9.32 Å². The molecule has 6 heteroatoms. The van der Waals surface area contributed by atoms with Crippen molar-refractivity contribution in [3.05, 3.63) is 99.8 Å². The number of nitrogens with one attached hydrogen (secondary N) is 1. The Morgan fingerprint density at radius 2 is 1.93 bits per heavy atom. The van der Waals surface area contributed by atoms with Gasteiger partial charge in [-0.2, -0.15) is 0 Å². The second-order valence-corrected chi connectivity index (χ2v) is 7.35. The van der Waals surface area contributed by atoms with E-state index in [-0.39, 0.29) is 17.9 Å². The van der Waals surface area contributed by atoms with E-state index >= 15 is 0 Å². The van der Waals surface area contributed by atoms with Crippen molar-refractivity contribution in [2.45, 2.75) is 25.4 Å². The van der Waals surface area contributed by atoms with Crippen LogP contribution in [0.2, 0.25) is 0 Å². The lowest BCUT2D eigenvalue weighted by molar-refractivity contribution is 0.0687. The molecule has 1 amide bonds. The highest BCUT2D eigenvalue weighted by Gasteiger charge is 2.40. The topological polar surface area (TPSA) is 79.2 Å². The van der Waals surface area contributed by atoms with E-state index in [1.54, 1.807) is 12.3 Å². The first-order valence-electron chi connectivity index (χ1n) is 9.54. The fourth-order valence-corrected chi connectivity index (χ4v) is 4.20. The van der Waals surface area contributed by atoms with Crippen LogP contribution in [0.15, 0.2) is 76.1 Å². The van der Waals surface area contributed by atoms with Gasteiger partial charge in [0.1, 0.15) is 0 Å². The average Bonchev–Trinajstić information content (AvgIpc) is 3.25. The van der Waals surface area contributed by atoms with Gasteiger partial charge in [-0.3, -0.25) is 14.8 Å². The Labute approximate surface area is 166 Å². The number of aromatic amines is 1. The summed E-state index contributed by atoms with van der Waals surface area (Å²) in [6.45, 7) is 2.52. The highest BCUT2D eigenvalue weighted by atomic mass is 16.4. The Kier molecular flexibility index (Phi) is 4.05. The first-order chi connectivity index (χ1) is 14.1. The number of benzene rings is 2. The monoisotopic (exact) mass is 385 g/mol. The van der Waals surface area contributed by atoms with E-state index in [2.05, 4.69) is 16.9 Å². The smallest absolute Gasteiger partial charge is 0.408 e. The molecule has 4 aromatic rings. The normalized spacial score (nSPS) is 16.9. The summed E-state index contributed by atoms with van der Waals surface area (Å²) in [6.07, 6.45) is 1.78. The second-order valence-electron chi connectivity index (χ2n) is 7.35. The molecule has 0 aliphatic carbocycles. The third kappa shape index (κ3) is 2.93. The molecule has 1 N–H and O–H groups in total. The molecule has 6 nitrogen and oxygen atoms in total. The van der Waals surface area contributed by atoms with E-state index in [1.807, 2.05) is 59.5 Å². The minimum Gasteiger partial charge on any atom is -0.408 e. The molecular weight excluding hydrogens is 366 g/mol. The number of carbonyl (C=O) groups excluding carboxylic acids is 1. The molecule has 5 rings (SSSR count). The minimum atomic E-state index is -0.483. The molecule has 0 bridgehead atoms. The molecule has 0 saturated heterocycles. The summed E-state index contributed by atoms with van der Waals surface area (Å²) in [7, 11) is 0. The molecule has 2 aromatic heterocycles. The van der Waals surface area contributed by atoms with Crippen molar-refractivity contribution in [2.24, 2.45) is 0 Å². The molecule has 2 aromatic carbocycles. The number of nitrogens with zero attached hydrogens (tertiary/aromatic N) is 2. The largest absolute Gasteiger partial charge is 0.417 e. The molecule has 3 heterocycles. The maximum absolute atomic E-state index is 13.2. The Morgan fingerprint density at radius 1 is 1.10 bits per heavy atom. The van der Waals surface area contributed by atoms with Crippen LogP contribution < -0.4 is 5.76 Å². The van der Waals surface area contributed by atoms with E-state index in [0.717, 1.165) is 22.4 Å². The third-order valence-electron chi connectivity index (χ3n) is 5.57. The van der Waals surface area contributed by atoms with Gasteiger partial charge in [-0.15, -0.1) is 0 Å². The van der Waals surface area contributed by atoms with E-state index in [0.29, 0.717) is 17.6 Å². The van der Waals surface area contributed by atoms with Gasteiger partial charge in [-0.25, -0.2) is 4.79 Å². The summed E-state index contributed by atoms with van der Waals surface area (Å²) in [6, 6.07) is 19.0. The number of carbonyl (C=O) groups is 1. The SMILES string of the molecule is C[C@H](c1ccccn1)[C@@H]1c2ccccc2C(=O)N1Cc1ccc2[nH]c(=O)oc2c1. The molecule has 0 saturated carbocycles. The van der Waals surface area contributed by atoms with Crippen molar-refractivity contribution in [2.75, 3.05) is 0 Å². The van der Waals surface area contributed by atoms with Crippen LogP contribution in [0, 0.1) is 0 Å². The van der Waals surface area contributed by atoms with Gasteiger partial charge in [0.25, 0.3) is 5.91 Å². The van der Waals surface area contributed by atoms with Crippen LogP contribution >= 0.6 is 0 Å². The van der Waals surface area contributed by atoms with Gasteiger partial charge in [0.2, 0.25) is 0 Å². The molecule has 2 atom stereocenters. The minimum absolute atomic E-state index is 0.00370. The standard InChI is InChI=1S/C23H19N3O3/c1-14(18-8-4-5-11-24-18)21-16-6-2-3-7-17(16)22(27)26(21)13-15-9-10-19-20(12-15)29-23(28)25-19/h2-12,14,21H,13H2,1H3,(H,25,28)/t14-,21-/m1/s1. The highest BCUT2D eigenvalue weighted by molar-refractivity contribution is 5.99. The van der Waals surface area contributed by atoms with Gasteiger partial charge in [0.15, 0.2) is 5.58 Å². The van der Waals surface area contributed by atoms with Gasteiger partial charge in [0, 0.05) is 29.9 Å². The molecule has 0 unspecified atom stereocenters. The van der Waals surface area contributed by atoms with Crippen LogP contribution in [0.5, 0.6) is 0 Å². The number of hydrogen-bond donors (Lipinski definition) is 1. The van der Waals surface area contributed by atoms with Crippen molar-refractivity contribution in [3.8, 4) is 0 Å². The zero-order chi connectivity index (χ0) is 20.0. The quantitative estimate of drug-likeness (QED) is 0.575. The summed E-state index contributed by atoms with van der Waals surface area (Å²) in [4.78, 5) is 33.7. The molecule has 1 aliphatic heterocycles. The van der Waals surface area contributed by atoms with Crippen molar-refractivity contribution < 1.29 is 9.21 Å². The van der Waals surface area contributed by atoms with E-state index in [1.165, 1.54) is 0 Å². The van der Waals surface area contributed by atoms with Crippen molar-refractivity contribution in [3.63, 3.8) is 0 Å². The molecule has 144 valence electrons. The van der Waals surface area contributed by atoms with Crippen LogP contribution in [-0.2, 0) is 6.54 Å². The predicted molar refractivity (Wildman–Crippen MR) is 109 cm³/mol. The van der Waals surface area contributed by atoms with Crippen molar-refractivity contribution in [1.29, 1.82) is 0 Å². The summed E-state index contributed by atoms with van der Waals surface area (Å²) in [5, 5.41) is 0. The molecule has 0 fully saturated rings. The van der Waals surface area contributed by atoms with Crippen LogP contribution in [-0.4, -0.2) is 20.8 Å². The molecule has 1 aliphatic rings. The first-order valence-corrected chi connectivity index (χ1v) is 9.54. The van der Waals surface area contributed by atoms with E-state index in [4.69, 9.17) is 4.42 Å². The number of pyridine rings is 1. The second kappa shape index (κ2) is 6.74. The van der Waals surface area contributed by atoms with Gasteiger partial charge in [-0.05, 0) is 41.5 Å². The van der Waals surface area contributed by atoms with Gasteiger partial charge >= 0.3 is 5.76 Å². The Morgan fingerprint density at radius 3 is 2.76 bits per heavy atom. The summed E-state index contributed by atoms with van der Waals surface area (Å²) in [5.41, 5.74) is 4.73. The van der Waals surface area contributed by atoms with Crippen LogP contribution in [0.4, 0.5) is 0 Å². The van der Waals surface area contributed by atoms with Crippen LogP contribution in [0.1, 0.15) is 46.1 Å². The average molecular weight is 385 g/mol. The maximum Gasteiger partial charge on any atom is 0.417 e. The van der Waals surface area contributed by atoms with Crippen molar-refractivity contribution in [1.82, 2.24) is 14.9 Å². The number of rotatable bonds is 4. The summed E-state index contributed by atoms with van der Waals surface area (Å²) >= 11 is 0. The van der Waals surface area contributed by atoms with E-state index < -0.39 is 5.76 Å². The molecular formula is C23H19N3O3. The zero-order valence-corrected chi connectivity index (χ0v) is 15.8. The number of H-pyrrole nitrogens is 1. The van der Waals surface area contributed by atoms with Crippen molar-refractivity contribution >= 4 is 17.0 Å². The zero-order valence-electron chi connectivity index (χ0n) is 15.8. The van der Waals surface area contributed by atoms with Gasteiger partial charge in [0.05, 0.1) is 11.6 Å². The predicted octanol–water partition coefficient (Wildman–Crippen LogP) is 4.02. The molecule has 0 spiro atoms.